The molecule has 2 N–H and O–H groups in total. The Morgan fingerprint density at radius 1 is 1.24 bits per heavy atom. The van der Waals surface area contributed by atoms with Crippen molar-refractivity contribution in [3.05, 3.63) is 40.2 Å². The fourth-order valence-electron chi connectivity index (χ4n) is 2.50. The summed E-state index contributed by atoms with van der Waals surface area (Å²) in [6, 6.07) is 5.81. The molecule has 1 aromatic carbocycles. The number of ether oxygens (including phenoxy) is 2. The van der Waals surface area contributed by atoms with Crippen LogP contribution in [0.5, 0.6) is 11.5 Å². The van der Waals surface area contributed by atoms with E-state index in [1.54, 1.807) is 7.11 Å². The van der Waals surface area contributed by atoms with Crippen LogP contribution in [0.15, 0.2) is 18.2 Å². The van der Waals surface area contributed by atoms with E-state index in [9.17, 15) is 0 Å². The van der Waals surface area contributed by atoms with E-state index in [1.165, 1.54) is 0 Å². The maximum atomic E-state index is 6.22. The number of aryl methyl sites for hydroxylation is 1. The second-order valence-electron chi connectivity index (χ2n) is 6.09. The van der Waals surface area contributed by atoms with E-state index in [2.05, 4.69) is 14.9 Å². The van der Waals surface area contributed by atoms with E-state index in [4.69, 9.17) is 26.8 Å². The molecule has 0 aliphatic heterocycles. The highest BCUT2D eigenvalue weighted by Crippen LogP contribution is 2.29. The summed E-state index contributed by atoms with van der Waals surface area (Å²) in [5.41, 5.74) is 8.22. The van der Waals surface area contributed by atoms with Gasteiger partial charge in [-0.1, -0.05) is 17.7 Å². The smallest absolute Gasteiger partial charge is 0.221 e. The third-order valence-corrected chi connectivity index (χ3v) is 4.14. The van der Waals surface area contributed by atoms with Crippen LogP contribution in [0.1, 0.15) is 23.2 Å². The van der Waals surface area contributed by atoms with Crippen molar-refractivity contribution in [2.45, 2.75) is 19.8 Å². The molecule has 25 heavy (non-hydrogen) atoms. The SMILES string of the molecule is COc1cc(OCCCN(C)C)ccc1Cc1c(C)nc(N)nc1Cl. The van der Waals surface area contributed by atoms with Gasteiger partial charge in [0, 0.05) is 30.3 Å². The third-order valence-electron chi connectivity index (χ3n) is 3.82. The molecule has 0 saturated carbocycles. The number of nitrogen functional groups attached to an aromatic ring is 1. The van der Waals surface area contributed by atoms with Gasteiger partial charge in [0.05, 0.1) is 13.7 Å². The maximum absolute atomic E-state index is 6.22. The van der Waals surface area contributed by atoms with E-state index in [1.807, 2.05) is 39.2 Å². The summed E-state index contributed by atoms with van der Waals surface area (Å²) in [5, 5.41) is 0.371. The summed E-state index contributed by atoms with van der Waals surface area (Å²) in [6.45, 7) is 3.52. The van der Waals surface area contributed by atoms with Crippen molar-refractivity contribution in [3.63, 3.8) is 0 Å². The minimum Gasteiger partial charge on any atom is -0.496 e. The summed E-state index contributed by atoms with van der Waals surface area (Å²) in [6.07, 6.45) is 1.53. The summed E-state index contributed by atoms with van der Waals surface area (Å²) >= 11 is 6.22. The lowest BCUT2D eigenvalue weighted by Gasteiger charge is -2.14. The van der Waals surface area contributed by atoms with Gasteiger partial charge in [-0.15, -0.1) is 0 Å². The van der Waals surface area contributed by atoms with Gasteiger partial charge in [0.15, 0.2) is 0 Å². The molecular formula is C18H25ClN4O2. The molecule has 0 bridgehead atoms. The number of hydrogen-bond donors (Lipinski definition) is 1. The molecule has 1 heterocycles. The lowest BCUT2D eigenvalue weighted by Crippen LogP contribution is -2.15. The van der Waals surface area contributed by atoms with Crippen LogP contribution in [0.4, 0.5) is 5.95 Å². The fourth-order valence-corrected chi connectivity index (χ4v) is 2.79. The topological polar surface area (TPSA) is 73.5 Å². The molecule has 0 aliphatic rings. The van der Waals surface area contributed by atoms with Gasteiger partial charge in [0.2, 0.25) is 5.95 Å². The highest BCUT2D eigenvalue weighted by Gasteiger charge is 2.13. The number of halogens is 1. The van der Waals surface area contributed by atoms with Gasteiger partial charge in [0.1, 0.15) is 16.7 Å². The van der Waals surface area contributed by atoms with Crippen molar-refractivity contribution in [3.8, 4) is 11.5 Å². The largest absolute Gasteiger partial charge is 0.496 e. The monoisotopic (exact) mass is 364 g/mol. The Balaban J connectivity index is 2.12. The number of hydrogen-bond acceptors (Lipinski definition) is 6. The Morgan fingerprint density at radius 2 is 2.00 bits per heavy atom. The van der Waals surface area contributed by atoms with E-state index in [-0.39, 0.29) is 5.95 Å². The number of nitrogens with zero attached hydrogens (tertiary/aromatic N) is 3. The zero-order valence-corrected chi connectivity index (χ0v) is 15.9. The molecule has 2 rings (SSSR count). The van der Waals surface area contributed by atoms with Gasteiger partial charge in [-0.05, 0) is 39.1 Å². The van der Waals surface area contributed by atoms with Gasteiger partial charge < -0.3 is 20.1 Å². The maximum Gasteiger partial charge on any atom is 0.221 e. The molecule has 0 spiro atoms. The van der Waals surface area contributed by atoms with E-state index < -0.39 is 0 Å². The summed E-state index contributed by atoms with van der Waals surface area (Å²) in [4.78, 5) is 10.3. The van der Waals surface area contributed by atoms with Crippen LogP contribution in [0.25, 0.3) is 0 Å². The van der Waals surface area contributed by atoms with E-state index >= 15 is 0 Å². The molecule has 7 heteroatoms. The molecule has 0 amide bonds. The van der Waals surface area contributed by atoms with Crippen LogP contribution in [0.2, 0.25) is 5.15 Å². The van der Waals surface area contributed by atoms with Gasteiger partial charge in [-0.25, -0.2) is 9.97 Å². The molecule has 0 saturated heterocycles. The first-order valence-electron chi connectivity index (χ1n) is 8.13. The second kappa shape index (κ2) is 8.87. The number of rotatable bonds is 8. The first-order chi connectivity index (χ1) is 11.9. The molecule has 136 valence electrons. The quantitative estimate of drug-likeness (QED) is 0.573. The zero-order chi connectivity index (χ0) is 18.4. The molecular weight excluding hydrogens is 340 g/mol. The molecule has 0 fully saturated rings. The number of anilines is 1. The highest BCUT2D eigenvalue weighted by atomic mass is 35.5. The Hall–Kier alpha value is -2.05. The Bertz CT molecular complexity index is 699. The van der Waals surface area contributed by atoms with Crippen molar-refractivity contribution in [1.29, 1.82) is 0 Å². The lowest BCUT2D eigenvalue weighted by molar-refractivity contribution is 0.280. The van der Waals surface area contributed by atoms with Crippen LogP contribution in [-0.4, -0.2) is 49.2 Å². The van der Waals surface area contributed by atoms with Crippen molar-refractivity contribution >= 4 is 17.5 Å². The summed E-state index contributed by atoms with van der Waals surface area (Å²) < 4.78 is 11.3. The van der Waals surface area contributed by atoms with Crippen LogP contribution in [-0.2, 0) is 6.42 Å². The van der Waals surface area contributed by atoms with Crippen molar-refractivity contribution < 1.29 is 9.47 Å². The van der Waals surface area contributed by atoms with E-state index in [0.29, 0.717) is 18.2 Å². The summed E-state index contributed by atoms with van der Waals surface area (Å²) in [5.74, 6) is 1.72. The number of aromatic nitrogens is 2. The first-order valence-corrected chi connectivity index (χ1v) is 8.51. The Morgan fingerprint density at radius 3 is 2.64 bits per heavy atom. The van der Waals surface area contributed by atoms with Crippen LogP contribution >= 0.6 is 11.6 Å². The molecule has 0 aliphatic carbocycles. The van der Waals surface area contributed by atoms with Crippen LogP contribution in [0.3, 0.4) is 0 Å². The number of benzene rings is 1. The molecule has 0 unspecified atom stereocenters. The van der Waals surface area contributed by atoms with Gasteiger partial charge in [0.25, 0.3) is 0 Å². The van der Waals surface area contributed by atoms with Gasteiger partial charge >= 0.3 is 0 Å². The molecule has 0 atom stereocenters. The van der Waals surface area contributed by atoms with Crippen molar-refractivity contribution in [1.82, 2.24) is 14.9 Å². The lowest BCUT2D eigenvalue weighted by atomic mass is 10.0. The Kier molecular flexibility index (Phi) is 6.84. The van der Waals surface area contributed by atoms with Crippen molar-refractivity contribution in [2.24, 2.45) is 0 Å². The average molecular weight is 365 g/mol. The number of methoxy groups -OCH3 is 1. The van der Waals surface area contributed by atoms with Crippen LogP contribution in [0, 0.1) is 6.92 Å². The highest BCUT2D eigenvalue weighted by molar-refractivity contribution is 6.30. The third kappa shape index (κ3) is 5.47. The fraction of sp³-hybridized carbons (Fsp3) is 0.444. The van der Waals surface area contributed by atoms with E-state index in [0.717, 1.165) is 41.3 Å². The predicted octanol–water partition coefficient (Wildman–Crippen LogP) is 2.95. The molecule has 1 aromatic heterocycles. The molecule has 0 radical (unpaired) electrons. The zero-order valence-electron chi connectivity index (χ0n) is 15.2. The number of nitrogens with two attached hydrogens (primary N) is 1. The molecule has 6 nitrogen and oxygen atoms in total. The van der Waals surface area contributed by atoms with Crippen LogP contribution < -0.4 is 15.2 Å². The van der Waals surface area contributed by atoms with Gasteiger partial charge in [-0.2, -0.15) is 0 Å². The van der Waals surface area contributed by atoms with Crippen molar-refractivity contribution in [2.75, 3.05) is 40.1 Å². The normalized spacial score (nSPS) is 11.0. The standard InChI is InChI=1S/C18H25ClN4O2/c1-12-15(17(19)22-18(20)21-12)10-13-6-7-14(11-16(13)24-4)25-9-5-8-23(2)3/h6-7,11H,5,8-10H2,1-4H3,(H2,20,21,22). The summed E-state index contributed by atoms with van der Waals surface area (Å²) in [7, 11) is 5.74. The first kappa shape index (κ1) is 19.3. The average Bonchev–Trinajstić information content (AvgIpc) is 2.55. The van der Waals surface area contributed by atoms with Gasteiger partial charge in [-0.3, -0.25) is 0 Å². The Labute approximate surface area is 153 Å². The minimum atomic E-state index is 0.180. The minimum absolute atomic E-state index is 0.180. The molecule has 2 aromatic rings. The predicted molar refractivity (Wildman–Crippen MR) is 101 cm³/mol. The second-order valence-corrected chi connectivity index (χ2v) is 6.45.